The van der Waals surface area contributed by atoms with Crippen LogP contribution in [0.25, 0.3) is 0 Å². The molecule has 0 aromatic carbocycles. The van der Waals surface area contributed by atoms with Crippen LogP contribution < -0.4 is 10.6 Å². The number of hydrogen-bond donors (Lipinski definition) is 2. The van der Waals surface area contributed by atoms with Crippen molar-refractivity contribution in [3.63, 3.8) is 0 Å². The van der Waals surface area contributed by atoms with Gasteiger partial charge in [-0.2, -0.15) is 0 Å². The molecule has 0 spiro atoms. The first kappa shape index (κ1) is 10.6. The van der Waals surface area contributed by atoms with E-state index in [1.165, 1.54) is 12.8 Å². The van der Waals surface area contributed by atoms with E-state index in [1.807, 2.05) is 6.07 Å². The summed E-state index contributed by atoms with van der Waals surface area (Å²) in [5, 5.41) is 6.96. The van der Waals surface area contributed by atoms with Gasteiger partial charge >= 0.3 is 0 Å². The lowest BCUT2D eigenvalue weighted by Crippen LogP contribution is -2.33. The summed E-state index contributed by atoms with van der Waals surface area (Å²) >= 11 is 5.69. The maximum Gasteiger partial charge on any atom is 0.224 e. The Kier molecular flexibility index (Phi) is 3.75. The van der Waals surface area contributed by atoms with Gasteiger partial charge in [-0.25, -0.2) is 9.97 Å². The predicted molar refractivity (Wildman–Crippen MR) is 61.1 cm³/mol. The Labute approximate surface area is 94.5 Å². The molecule has 1 aromatic heterocycles. The Morgan fingerprint density at radius 2 is 2.53 bits per heavy atom. The Morgan fingerprint density at radius 3 is 3.27 bits per heavy atom. The number of piperidine rings is 1. The van der Waals surface area contributed by atoms with Gasteiger partial charge in [0.2, 0.25) is 5.28 Å². The van der Waals surface area contributed by atoms with Gasteiger partial charge in [-0.3, -0.25) is 0 Å². The molecule has 1 unspecified atom stereocenters. The molecule has 1 aromatic rings. The highest BCUT2D eigenvalue weighted by Crippen LogP contribution is 2.12. The monoisotopic (exact) mass is 226 g/mol. The molecule has 4 nitrogen and oxygen atoms in total. The second-order valence-electron chi connectivity index (χ2n) is 3.80. The van der Waals surface area contributed by atoms with Crippen molar-refractivity contribution in [3.8, 4) is 0 Å². The number of nitrogens with one attached hydrogen (secondary N) is 2. The summed E-state index contributed by atoms with van der Waals surface area (Å²) in [5.74, 6) is 1.49. The molecule has 0 saturated carbocycles. The van der Waals surface area contributed by atoms with Crippen LogP contribution >= 0.6 is 11.6 Å². The molecular formula is C10H15ClN4. The summed E-state index contributed by atoms with van der Waals surface area (Å²) in [6.07, 6.45) is 4.20. The van der Waals surface area contributed by atoms with Crippen LogP contribution in [0.3, 0.4) is 0 Å². The molecule has 2 rings (SSSR count). The summed E-state index contributed by atoms with van der Waals surface area (Å²) in [7, 11) is 0. The average Bonchev–Trinajstić information content (AvgIpc) is 2.28. The van der Waals surface area contributed by atoms with Crippen LogP contribution in [-0.2, 0) is 0 Å². The van der Waals surface area contributed by atoms with E-state index in [0.717, 1.165) is 25.5 Å². The number of anilines is 1. The van der Waals surface area contributed by atoms with Gasteiger partial charge in [0.1, 0.15) is 5.82 Å². The zero-order chi connectivity index (χ0) is 10.5. The van der Waals surface area contributed by atoms with Gasteiger partial charge in [0.15, 0.2) is 0 Å². The van der Waals surface area contributed by atoms with E-state index in [1.54, 1.807) is 6.20 Å². The van der Waals surface area contributed by atoms with E-state index in [4.69, 9.17) is 11.6 Å². The standard InChI is InChI=1S/C10H15ClN4/c11-10-13-5-3-9(15-10)14-7-8-2-1-4-12-6-8/h3,5,8,12H,1-2,4,6-7H2,(H,13,14,15). The molecule has 82 valence electrons. The van der Waals surface area contributed by atoms with Crippen LogP contribution in [0.4, 0.5) is 5.82 Å². The maximum atomic E-state index is 5.69. The summed E-state index contributed by atoms with van der Waals surface area (Å²) < 4.78 is 0. The fourth-order valence-corrected chi connectivity index (χ4v) is 1.93. The topological polar surface area (TPSA) is 49.8 Å². The maximum absolute atomic E-state index is 5.69. The van der Waals surface area contributed by atoms with Crippen LogP contribution in [0, 0.1) is 5.92 Å². The number of aromatic nitrogens is 2. The Balaban J connectivity index is 1.81. The fourth-order valence-electron chi connectivity index (χ4n) is 1.78. The highest BCUT2D eigenvalue weighted by atomic mass is 35.5. The van der Waals surface area contributed by atoms with E-state index in [0.29, 0.717) is 11.2 Å². The minimum absolute atomic E-state index is 0.293. The summed E-state index contributed by atoms with van der Waals surface area (Å²) in [6, 6.07) is 1.84. The van der Waals surface area contributed by atoms with E-state index in [-0.39, 0.29) is 0 Å². The first-order valence-corrected chi connectivity index (χ1v) is 5.65. The van der Waals surface area contributed by atoms with Crippen molar-refractivity contribution in [2.75, 3.05) is 25.0 Å². The number of halogens is 1. The van der Waals surface area contributed by atoms with Crippen molar-refractivity contribution in [3.05, 3.63) is 17.5 Å². The first-order chi connectivity index (χ1) is 7.34. The Hall–Kier alpha value is -0.870. The molecule has 15 heavy (non-hydrogen) atoms. The quantitative estimate of drug-likeness (QED) is 0.768. The molecule has 1 fully saturated rings. The molecule has 5 heteroatoms. The van der Waals surface area contributed by atoms with Crippen LogP contribution in [0.15, 0.2) is 12.3 Å². The number of rotatable bonds is 3. The summed E-state index contributed by atoms with van der Waals surface area (Å²) in [5.41, 5.74) is 0. The number of hydrogen-bond acceptors (Lipinski definition) is 4. The van der Waals surface area contributed by atoms with Crippen molar-refractivity contribution in [2.24, 2.45) is 5.92 Å². The SMILES string of the molecule is Clc1nccc(NCC2CCCNC2)n1. The van der Waals surface area contributed by atoms with Gasteiger partial charge in [-0.15, -0.1) is 0 Å². The molecule has 1 aliphatic heterocycles. The fraction of sp³-hybridized carbons (Fsp3) is 0.600. The highest BCUT2D eigenvalue weighted by molar-refractivity contribution is 6.28. The molecule has 1 saturated heterocycles. The van der Waals surface area contributed by atoms with Crippen molar-refractivity contribution in [1.29, 1.82) is 0 Å². The van der Waals surface area contributed by atoms with Crippen molar-refractivity contribution >= 4 is 17.4 Å². The van der Waals surface area contributed by atoms with Crippen LogP contribution in [0.2, 0.25) is 5.28 Å². The average molecular weight is 227 g/mol. The van der Waals surface area contributed by atoms with E-state index >= 15 is 0 Å². The third kappa shape index (κ3) is 3.32. The van der Waals surface area contributed by atoms with Gasteiger partial charge in [0.05, 0.1) is 0 Å². The highest BCUT2D eigenvalue weighted by Gasteiger charge is 2.12. The lowest BCUT2D eigenvalue weighted by atomic mass is 10.00. The van der Waals surface area contributed by atoms with Gasteiger partial charge in [0.25, 0.3) is 0 Å². The van der Waals surface area contributed by atoms with Crippen LogP contribution in [-0.4, -0.2) is 29.6 Å². The van der Waals surface area contributed by atoms with Gasteiger partial charge in [-0.05, 0) is 49.5 Å². The van der Waals surface area contributed by atoms with E-state index < -0.39 is 0 Å². The van der Waals surface area contributed by atoms with Gasteiger partial charge in [0, 0.05) is 12.7 Å². The smallest absolute Gasteiger partial charge is 0.224 e. The summed E-state index contributed by atoms with van der Waals surface area (Å²) in [6.45, 7) is 3.18. The molecule has 0 aliphatic carbocycles. The summed E-state index contributed by atoms with van der Waals surface area (Å²) in [4.78, 5) is 7.92. The molecular weight excluding hydrogens is 212 g/mol. The van der Waals surface area contributed by atoms with Crippen LogP contribution in [0.1, 0.15) is 12.8 Å². The van der Waals surface area contributed by atoms with Crippen molar-refractivity contribution in [1.82, 2.24) is 15.3 Å². The lowest BCUT2D eigenvalue weighted by molar-refractivity contribution is 0.392. The minimum Gasteiger partial charge on any atom is -0.370 e. The predicted octanol–water partition coefficient (Wildman–Crippen LogP) is 1.54. The van der Waals surface area contributed by atoms with Crippen molar-refractivity contribution < 1.29 is 0 Å². The minimum atomic E-state index is 0.293. The molecule has 0 bridgehead atoms. The molecule has 1 aliphatic rings. The second-order valence-corrected chi connectivity index (χ2v) is 4.14. The largest absolute Gasteiger partial charge is 0.370 e. The third-order valence-corrected chi connectivity index (χ3v) is 2.78. The first-order valence-electron chi connectivity index (χ1n) is 5.28. The molecule has 2 N–H and O–H groups in total. The second kappa shape index (κ2) is 5.28. The zero-order valence-electron chi connectivity index (χ0n) is 8.54. The molecule has 2 heterocycles. The Morgan fingerprint density at radius 1 is 1.60 bits per heavy atom. The molecule has 1 atom stereocenters. The lowest BCUT2D eigenvalue weighted by Gasteiger charge is -2.22. The van der Waals surface area contributed by atoms with Gasteiger partial charge in [-0.1, -0.05) is 0 Å². The molecule has 0 radical (unpaired) electrons. The normalized spacial score (nSPS) is 21.3. The van der Waals surface area contributed by atoms with E-state index in [2.05, 4.69) is 20.6 Å². The molecule has 0 amide bonds. The van der Waals surface area contributed by atoms with Gasteiger partial charge < -0.3 is 10.6 Å². The van der Waals surface area contributed by atoms with E-state index in [9.17, 15) is 0 Å². The van der Waals surface area contributed by atoms with Crippen molar-refractivity contribution in [2.45, 2.75) is 12.8 Å². The third-order valence-electron chi connectivity index (χ3n) is 2.60. The zero-order valence-corrected chi connectivity index (χ0v) is 9.30. The van der Waals surface area contributed by atoms with Crippen LogP contribution in [0.5, 0.6) is 0 Å². The number of nitrogens with zero attached hydrogens (tertiary/aromatic N) is 2. The Bertz CT molecular complexity index is 312.